The van der Waals surface area contributed by atoms with E-state index in [0.717, 1.165) is 5.56 Å². The van der Waals surface area contributed by atoms with Crippen molar-refractivity contribution in [1.29, 1.82) is 0 Å². The summed E-state index contributed by atoms with van der Waals surface area (Å²) in [5, 5.41) is 2.40. The molecule has 0 saturated heterocycles. The van der Waals surface area contributed by atoms with Gasteiger partial charge in [-0.3, -0.25) is 4.79 Å². The maximum atomic E-state index is 11.1. The maximum absolute atomic E-state index is 11.1. The third-order valence-corrected chi connectivity index (χ3v) is 3.29. The number of carbonyl (C=O) groups excluding carboxylic acids is 1. The van der Waals surface area contributed by atoms with E-state index in [4.69, 9.17) is 5.73 Å². The fourth-order valence-corrected chi connectivity index (χ4v) is 1.76. The summed E-state index contributed by atoms with van der Waals surface area (Å²) in [6, 6.07) is 14.0. The van der Waals surface area contributed by atoms with Crippen LogP contribution in [0.1, 0.15) is 39.2 Å². The molecule has 2 N–H and O–H groups in total. The third-order valence-electron chi connectivity index (χ3n) is 3.29. The molecule has 2 nitrogen and oxygen atoms in total. The molecule has 0 bridgehead atoms. The monoisotopic (exact) mass is 271 g/mol. The zero-order valence-electron chi connectivity index (χ0n) is 12.7. The summed E-state index contributed by atoms with van der Waals surface area (Å²) in [7, 11) is 0. The second kappa shape index (κ2) is 8.49. The molecule has 0 aliphatic carbocycles. The highest BCUT2D eigenvalue weighted by molar-refractivity contribution is 5.84. The summed E-state index contributed by atoms with van der Waals surface area (Å²) in [6.45, 7) is 5.89. The molecule has 2 aromatic carbocycles. The summed E-state index contributed by atoms with van der Waals surface area (Å²) >= 11 is 0. The Hall–Kier alpha value is -1.67. The fraction of sp³-hybridized carbons (Fsp3) is 0.389. The van der Waals surface area contributed by atoms with Gasteiger partial charge in [0.2, 0.25) is 0 Å². The predicted octanol–water partition coefficient (Wildman–Crippen LogP) is 4.11. The molecule has 108 valence electrons. The van der Waals surface area contributed by atoms with E-state index in [1.165, 1.54) is 30.5 Å². The number of rotatable bonds is 4. The molecular weight excluding hydrogens is 246 g/mol. The van der Waals surface area contributed by atoms with Crippen LogP contribution in [0.15, 0.2) is 42.5 Å². The molecule has 0 fully saturated rings. The second-order valence-electron chi connectivity index (χ2n) is 5.10. The summed E-state index contributed by atoms with van der Waals surface area (Å²) in [5.74, 6) is 0.0353. The van der Waals surface area contributed by atoms with Crippen molar-refractivity contribution in [2.75, 3.05) is 0 Å². The summed E-state index contributed by atoms with van der Waals surface area (Å²) in [6.07, 6.45) is 3.25. The Morgan fingerprint density at radius 1 is 1.05 bits per heavy atom. The van der Waals surface area contributed by atoms with Crippen LogP contribution >= 0.6 is 0 Å². The number of benzene rings is 2. The van der Waals surface area contributed by atoms with Gasteiger partial charge in [0.15, 0.2) is 0 Å². The van der Waals surface area contributed by atoms with Gasteiger partial charge in [0.25, 0.3) is 0 Å². The first-order valence-corrected chi connectivity index (χ1v) is 7.32. The van der Waals surface area contributed by atoms with Crippen molar-refractivity contribution in [3.63, 3.8) is 0 Å². The molecule has 0 aromatic heterocycles. The number of Topliss-reactive ketones (excluding diaryl/α,β-unsaturated/α-hetero) is 1. The molecule has 0 aliphatic rings. The minimum atomic E-state index is -0.388. The van der Waals surface area contributed by atoms with E-state index in [9.17, 15) is 4.79 Å². The van der Waals surface area contributed by atoms with Gasteiger partial charge in [0.05, 0.1) is 6.04 Å². The average molecular weight is 271 g/mol. The molecule has 0 spiro atoms. The Balaban J connectivity index is 0.000000444. The predicted molar refractivity (Wildman–Crippen MR) is 86.9 cm³/mol. The number of ketones is 1. The average Bonchev–Trinajstić information content (AvgIpc) is 2.47. The van der Waals surface area contributed by atoms with Crippen LogP contribution < -0.4 is 5.73 Å². The van der Waals surface area contributed by atoms with E-state index in [2.05, 4.69) is 38.1 Å². The van der Waals surface area contributed by atoms with Crippen molar-refractivity contribution >= 4 is 16.6 Å². The van der Waals surface area contributed by atoms with Crippen molar-refractivity contribution in [2.45, 2.75) is 46.1 Å². The van der Waals surface area contributed by atoms with Crippen LogP contribution in [0.25, 0.3) is 10.8 Å². The van der Waals surface area contributed by atoms with Gasteiger partial charge >= 0.3 is 0 Å². The van der Waals surface area contributed by atoms with E-state index in [1.54, 1.807) is 0 Å². The summed E-state index contributed by atoms with van der Waals surface area (Å²) in [4.78, 5) is 11.1. The van der Waals surface area contributed by atoms with Crippen LogP contribution in [0.5, 0.6) is 0 Å². The lowest BCUT2D eigenvalue weighted by Crippen LogP contribution is -2.30. The number of hydrogen-bond acceptors (Lipinski definition) is 2. The van der Waals surface area contributed by atoms with Gasteiger partial charge in [-0.2, -0.15) is 0 Å². The van der Waals surface area contributed by atoms with Crippen molar-refractivity contribution in [2.24, 2.45) is 5.73 Å². The Kier molecular flexibility index (Phi) is 6.96. The summed E-state index contributed by atoms with van der Waals surface area (Å²) in [5.41, 5.74) is 6.86. The third kappa shape index (κ3) is 5.14. The zero-order valence-corrected chi connectivity index (χ0v) is 12.7. The number of hydrogen-bond donors (Lipinski definition) is 1. The van der Waals surface area contributed by atoms with Crippen molar-refractivity contribution in [3.05, 3.63) is 48.0 Å². The normalized spacial score (nSPS) is 11.6. The second-order valence-corrected chi connectivity index (χ2v) is 5.10. The quantitative estimate of drug-likeness (QED) is 0.909. The lowest BCUT2D eigenvalue weighted by atomic mass is 10.0. The highest BCUT2D eigenvalue weighted by Gasteiger charge is 2.08. The van der Waals surface area contributed by atoms with Crippen LogP contribution in [0, 0.1) is 0 Å². The van der Waals surface area contributed by atoms with E-state index in [-0.39, 0.29) is 11.8 Å². The molecule has 20 heavy (non-hydrogen) atoms. The SMILES string of the molecule is CC(=O)C(N)Cc1ccc2ccccc2c1.CCCC. The fourth-order valence-electron chi connectivity index (χ4n) is 1.76. The maximum Gasteiger partial charge on any atom is 0.146 e. The molecule has 0 radical (unpaired) electrons. The van der Waals surface area contributed by atoms with Gasteiger partial charge in [-0.1, -0.05) is 69.2 Å². The van der Waals surface area contributed by atoms with Gasteiger partial charge in [-0.15, -0.1) is 0 Å². The molecule has 2 aromatic rings. The highest BCUT2D eigenvalue weighted by atomic mass is 16.1. The molecule has 0 saturated carbocycles. The van der Waals surface area contributed by atoms with Crippen molar-refractivity contribution in [1.82, 2.24) is 0 Å². The molecule has 0 heterocycles. The molecule has 1 atom stereocenters. The standard InChI is InChI=1S/C14H15NO.C4H10/c1-10(16)14(15)9-11-6-7-12-4-2-3-5-13(12)8-11;1-3-4-2/h2-8,14H,9,15H2,1H3;3-4H2,1-2H3. The Labute approximate surface area is 122 Å². The van der Waals surface area contributed by atoms with Gasteiger partial charge < -0.3 is 5.73 Å². The molecule has 0 amide bonds. The van der Waals surface area contributed by atoms with E-state index >= 15 is 0 Å². The molecule has 2 rings (SSSR count). The zero-order chi connectivity index (χ0) is 15.0. The molecule has 2 heteroatoms. The largest absolute Gasteiger partial charge is 0.321 e. The van der Waals surface area contributed by atoms with E-state index in [0.29, 0.717) is 6.42 Å². The van der Waals surface area contributed by atoms with Crippen LogP contribution in [0.3, 0.4) is 0 Å². The van der Waals surface area contributed by atoms with Crippen LogP contribution in [0.4, 0.5) is 0 Å². The first kappa shape index (κ1) is 16.4. The van der Waals surface area contributed by atoms with Gasteiger partial charge in [-0.05, 0) is 29.7 Å². The van der Waals surface area contributed by atoms with Gasteiger partial charge in [-0.25, -0.2) is 0 Å². The highest BCUT2D eigenvalue weighted by Crippen LogP contribution is 2.16. The van der Waals surface area contributed by atoms with Crippen LogP contribution in [-0.2, 0) is 11.2 Å². The van der Waals surface area contributed by atoms with Crippen molar-refractivity contribution < 1.29 is 4.79 Å². The Bertz CT molecular complexity index is 546. The Morgan fingerprint density at radius 2 is 1.65 bits per heavy atom. The van der Waals surface area contributed by atoms with E-state index in [1.807, 2.05) is 18.2 Å². The number of fused-ring (bicyclic) bond motifs is 1. The van der Waals surface area contributed by atoms with Gasteiger partial charge in [0.1, 0.15) is 5.78 Å². The molecule has 0 aliphatic heterocycles. The number of carbonyl (C=O) groups is 1. The van der Waals surface area contributed by atoms with E-state index < -0.39 is 0 Å². The first-order chi connectivity index (χ1) is 9.58. The first-order valence-electron chi connectivity index (χ1n) is 7.32. The summed E-state index contributed by atoms with van der Waals surface area (Å²) < 4.78 is 0. The molecular formula is C18H25NO. The number of unbranched alkanes of at least 4 members (excludes halogenated alkanes) is 1. The smallest absolute Gasteiger partial charge is 0.146 e. The van der Waals surface area contributed by atoms with Crippen LogP contribution in [0.2, 0.25) is 0 Å². The van der Waals surface area contributed by atoms with Crippen molar-refractivity contribution in [3.8, 4) is 0 Å². The number of nitrogens with two attached hydrogens (primary N) is 1. The Morgan fingerprint density at radius 3 is 2.20 bits per heavy atom. The lowest BCUT2D eigenvalue weighted by molar-refractivity contribution is -0.118. The minimum Gasteiger partial charge on any atom is -0.321 e. The molecule has 1 unspecified atom stereocenters. The van der Waals surface area contributed by atoms with Gasteiger partial charge in [0, 0.05) is 0 Å². The van der Waals surface area contributed by atoms with Crippen LogP contribution in [-0.4, -0.2) is 11.8 Å². The minimum absolute atomic E-state index is 0.0353. The lowest BCUT2D eigenvalue weighted by Gasteiger charge is -2.08. The topological polar surface area (TPSA) is 43.1 Å².